The number of rotatable bonds is 7. The first-order chi connectivity index (χ1) is 16.6. The van der Waals surface area contributed by atoms with Crippen LogP contribution in [0, 0.1) is 0 Å². The van der Waals surface area contributed by atoms with Crippen LogP contribution in [0.3, 0.4) is 0 Å². The van der Waals surface area contributed by atoms with Gasteiger partial charge in [-0.25, -0.2) is 0 Å². The molecule has 0 amide bonds. The molecule has 1 aliphatic rings. The van der Waals surface area contributed by atoms with E-state index >= 15 is 0 Å². The van der Waals surface area contributed by atoms with E-state index < -0.39 is 8.80 Å². The molecular formula is C30H28Cl2OSi. The van der Waals surface area contributed by atoms with Crippen molar-refractivity contribution < 1.29 is 4.74 Å². The molecule has 1 aliphatic carbocycles. The van der Waals surface area contributed by atoms with E-state index in [0.717, 1.165) is 37.7 Å². The summed E-state index contributed by atoms with van der Waals surface area (Å²) in [6.45, 7) is 8.98. The highest BCUT2D eigenvalue weighted by Crippen LogP contribution is 2.54. The Labute approximate surface area is 213 Å². The molecule has 4 heteroatoms. The molecule has 4 aromatic carbocycles. The summed E-state index contributed by atoms with van der Waals surface area (Å²) in [7, 11) is -1.17. The molecule has 0 saturated carbocycles. The summed E-state index contributed by atoms with van der Waals surface area (Å²) in [5.41, 5.74) is 7.79. The van der Waals surface area contributed by atoms with Crippen molar-refractivity contribution in [1.82, 2.24) is 0 Å². The third-order valence-corrected chi connectivity index (χ3v) is 11.4. The molecule has 1 atom stereocenters. The van der Waals surface area contributed by atoms with E-state index in [2.05, 4.69) is 75.0 Å². The third-order valence-electron chi connectivity index (χ3n) is 7.16. The van der Waals surface area contributed by atoms with Crippen molar-refractivity contribution in [2.24, 2.45) is 0 Å². The van der Waals surface area contributed by atoms with Crippen LogP contribution in [0.1, 0.15) is 30.5 Å². The summed E-state index contributed by atoms with van der Waals surface area (Å²) in [6, 6.07) is 25.7. The van der Waals surface area contributed by atoms with Crippen LogP contribution >= 0.6 is 23.2 Å². The van der Waals surface area contributed by atoms with Crippen LogP contribution in [0.25, 0.3) is 33.0 Å². The number of fused-ring (bicyclic) bond motifs is 4. The number of benzene rings is 4. The van der Waals surface area contributed by atoms with Crippen molar-refractivity contribution in [1.29, 1.82) is 0 Å². The predicted molar refractivity (Wildman–Crippen MR) is 150 cm³/mol. The van der Waals surface area contributed by atoms with Crippen molar-refractivity contribution in [2.45, 2.75) is 31.5 Å². The summed E-state index contributed by atoms with van der Waals surface area (Å²) >= 11 is 13.6. The first-order valence-electron chi connectivity index (χ1n) is 12.0. The van der Waals surface area contributed by atoms with Crippen LogP contribution in [0.4, 0.5) is 0 Å². The van der Waals surface area contributed by atoms with Crippen molar-refractivity contribution >= 4 is 42.8 Å². The maximum atomic E-state index is 7.04. The third kappa shape index (κ3) is 3.78. The van der Waals surface area contributed by atoms with Gasteiger partial charge in [0.05, 0.1) is 0 Å². The normalized spacial score (nSPS) is 14.3. The van der Waals surface area contributed by atoms with Crippen molar-refractivity contribution in [3.8, 4) is 28.0 Å². The zero-order valence-electron chi connectivity index (χ0n) is 19.6. The molecule has 1 unspecified atom stereocenters. The SMILES string of the molecule is C=CCOc1c(-c2c(Cl)ccc3c2C([SiH](CC)CC)c2cc(Cl)ccc2-3)ccc2ccccc12. The van der Waals surface area contributed by atoms with E-state index in [9.17, 15) is 0 Å². The Balaban J connectivity index is 1.84. The molecular weight excluding hydrogens is 475 g/mol. The minimum atomic E-state index is -1.17. The molecule has 0 spiro atoms. The molecule has 0 saturated heterocycles. The van der Waals surface area contributed by atoms with Gasteiger partial charge < -0.3 is 4.74 Å². The van der Waals surface area contributed by atoms with Gasteiger partial charge in [0.25, 0.3) is 0 Å². The number of hydrogen-bond donors (Lipinski definition) is 0. The number of hydrogen-bond acceptors (Lipinski definition) is 1. The number of ether oxygens (including phenoxy) is 1. The van der Waals surface area contributed by atoms with Crippen LogP contribution in [-0.4, -0.2) is 15.4 Å². The van der Waals surface area contributed by atoms with Gasteiger partial charge in [-0.1, -0.05) is 104 Å². The van der Waals surface area contributed by atoms with Crippen molar-refractivity contribution in [3.05, 3.63) is 101 Å². The summed E-state index contributed by atoms with van der Waals surface area (Å²) in [5, 5.41) is 3.80. The van der Waals surface area contributed by atoms with Gasteiger partial charge in [0.1, 0.15) is 12.4 Å². The van der Waals surface area contributed by atoms with E-state index in [1.165, 1.54) is 34.3 Å². The Morgan fingerprint density at radius 1 is 0.912 bits per heavy atom. The summed E-state index contributed by atoms with van der Waals surface area (Å²) in [6.07, 6.45) is 1.79. The molecule has 34 heavy (non-hydrogen) atoms. The van der Waals surface area contributed by atoms with Crippen LogP contribution < -0.4 is 4.74 Å². The number of halogens is 2. The van der Waals surface area contributed by atoms with Crippen LogP contribution in [0.15, 0.2) is 79.4 Å². The minimum absolute atomic E-state index is 0.367. The van der Waals surface area contributed by atoms with Crippen molar-refractivity contribution in [3.63, 3.8) is 0 Å². The van der Waals surface area contributed by atoms with Crippen LogP contribution in [-0.2, 0) is 0 Å². The molecule has 0 radical (unpaired) electrons. The fourth-order valence-corrected chi connectivity index (χ4v) is 9.17. The zero-order chi connectivity index (χ0) is 23.8. The van der Waals surface area contributed by atoms with Gasteiger partial charge in [-0.15, -0.1) is 0 Å². The second-order valence-electron chi connectivity index (χ2n) is 8.93. The van der Waals surface area contributed by atoms with Crippen LogP contribution in [0.5, 0.6) is 5.75 Å². The average Bonchev–Trinajstić information content (AvgIpc) is 3.17. The maximum absolute atomic E-state index is 7.04. The van der Waals surface area contributed by atoms with E-state index in [0.29, 0.717) is 12.1 Å². The van der Waals surface area contributed by atoms with Gasteiger partial charge in [0.2, 0.25) is 0 Å². The largest absolute Gasteiger partial charge is 0.488 e. The Bertz CT molecular complexity index is 1390. The van der Waals surface area contributed by atoms with Crippen molar-refractivity contribution in [2.75, 3.05) is 6.61 Å². The lowest BCUT2D eigenvalue weighted by molar-refractivity contribution is 0.369. The molecule has 0 fully saturated rings. The molecule has 4 aromatic rings. The van der Waals surface area contributed by atoms with E-state index in [1.807, 2.05) is 12.1 Å². The predicted octanol–water partition coefficient (Wildman–Crippen LogP) is 9.30. The second kappa shape index (κ2) is 9.62. The lowest BCUT2D eigenvalue weighted by Gasteiger charge is -2.26. The highest BCUT2D eigenvalue weighted by molar-refractivity contribution is 6.62. The van der Waals surface area contributed by atoms with Gasteiger partial charge in [-0.3, -0.25) is 0 Å². The maximum Gasteiger partial charge on any atom is 0.135 e. The van der Waals surface area contributed by atoms with Crippen LogP contribution in [0.2, 0.25) is 22.1 Å². The topological polar surface area (TPSA) is 9.23 Å². The van der Waals surface area contributed by atoms with E-state index in [1.54, 1.807) is 6.08 Å². The van der Waals surface area contributed by atoms with Gasteiger partial charge in [-0.2, -0.15) is 0 Å². The summed E-state index contributed by atoms with van der Waals surface area (Å²) in [5.74, 6) is 0.868. The van der Waals surface area contributed by atoms with Gasteiger partial charge in [0.15, 0.2) is 0 Å². The summed E-state index contributed by atoms with van der Waals surface area (Å²) < 4.78 is 6.33. The standard InChI is InChI=1S/C30H28Cl2OSi/c1-4-17-33-29-21-10-8-7-9-19(21)11-13-24(29)27-26(32)16-15-23-22-14-12-20(31)18-25(22)30(28(23)27)34(5-2)6-3/h4,7-16,18,30,34H,1,5-6,17H2,2-3H3. The highest BCUT2D eigenvalue weighted by Gasteiger charge is 2.37. The molecule has 1 nitrogen and oxygen atoms in total. The zero-order valence-corrected chi connectivity index (χ0v) is 22.2. The lowest BCUT2D eigenvalue weighted by Crippen LogP contribution is -2.22. The quantitative estimate of drug-likeness (QED) is 0.180. The molecule has 0 aliphatic heterocycles. The molecule has 5 rings (SSSR count). The van der Waals surface area contributed by atoms with E-state index in [4.69, 9.17) is 27.9 Å². The average molecular weight is 504 g/mol. The molecule has 0 aromatic heterocycles. The van der Waals surface area contributed by atoms with Gasteiger partial charge in [-0.05, 0) is 51.9 Å². The fourth-order valence-electron chi connectivity index (χ4n) is 5.60. The fraction of sp³-hybridized carbons (Fsp3) is 0.200. The molecule has 0 bridgehead atoms. The molecule has 0 heterocycles. The Hall–Kier alpha value is -2.52. The second-order valence-corrected chi connectivity index (χ2v) is 13.6. The minimum Gasteiger partial charge on any atom is -0.488 e. The Morgan fingerprint density at radius 3 is 2.41 bits per heavy atom. The smallest absolute Gasteiger partial charge is 0.135 e. The monoisotopic (exact) mass is 502 g/mol. The molecule has 172 valence electrons. The first kappa shape index (κ1) is 23.2. The Kier molecular flexibility index (Phi) is 6.57. The highest BCUT2D eigenvalue weighted by atomic mass is 35.5. The van der Waals surface area contributed by atoms with E-state index in [-0.39, 0.29) is 0 Å². The first-order valence-corrected chi connectivity index (χ1v) is 15.0. The van der Waals surface area contributed by atoms with Gasteiger partial charge >= 0.3 is 0 Å². The van der Waals surface area contributed by atoms with Gasteiger partial charge in [0, 0.05) is 40.9 Å². The Morgan fingerprint density at radius 2 is 1.65 bits per heavy atom. The summed E-state index contributed by atoms with van der Waals surface area (Å²) in [4.78, 5) is 0. The lowest BCUT2D eigenvalue weighted by atomic mass is 9.92. The molecule has 0 N–H and O–H groups in total.